The van der Waals surface area contributed by atoms with Crippen LogP contribution in [0.5, 0.6) is 0 Å². The third kappa shape index (κ3) is 3.84. The number of nitrogens with one attached hydrogen (secondary N) is 2. The van der Waals surface area contributed by atoms with E-state index in [0.717, 1.165) is 43.0 Å². The predicted octanol–water partition coefficient (Wildman–Crippen LogP) is 1.90. The topological polar surface area (TPSA) is 87.7 Å². The van der Waals surface area contributed by atoms with Crippen LogP contribution in [0.2, 0.25) is 0 Å². The maximum absolute atomic E-state index is 14.0. The zero-order chi connectivity index (χ0) is 22.5. The van der Waals surface area contributed by atoms with Crippen molar-refractivity contribution in [3.05, 3.63) is 46.7 Å². The number of aromatic amines is 1. The van der Waals surface area contributed by atoms with Crippen molar-refractivity contribution in [2.24, 2.45) is 0 Å². The summed E-state index contributed by atoms with van der Waals surface area (Å²) in [4.78, 5) is 18.8. The van der Waals surface area contributed by atoms with Crippen LogP contribution in [0.3, 0.4) is 0 Å². The molecule has 3 N–H and O–H groups in total. The molecule has 0 saturated carbocycles. The smallest absolute Gasteiger partial charge is 0.259 e. The standard InChI is InChI=1S/C21H28F2N6O2/c1-12-10-27(4)7-8-28(12)20(31)29-11-15-17(21(29,2)3)25-26-18(15)24-19(30)14-6-5-13(22)9-16(14)23/h5-6,9,12,20,31H,7-8,10-11H2,1-4H3,(H2,24,25,26,30)/t12-,20?/m0/s1. The van der Waals surface area contributed by atoms with Gasteiger partial charge in [0, 0.05) is 43.9 Å². The first-order chi connectivity index (χ1) is 14.6. The second-order valence-electron chi connectivity index (χ2n) is 8.89. The van der Waals surface area contributed by atoms with Gasteiger partial charge in [-0.2, -0.15) is 5.10 Å². The number of halogens is 2. The van der Waals surface area contributed by atoms with Gasteiger partial charge in [-0.3, -0.25) is 19.7 Å². The average molecular weight is 434 g/mol. The van der Waals surface area contributed by atoms with Crippen molar-refractivity contribution in [1.82, 2.24) is 24.9 Å². The lowest BCUT2D eigenvalue weighted by Crippen LogP contribution is -2.60. The Morgan fingerprint density at radius 3 is 2.77 bits per heavy atom. The number of rotatable bonds is 4. The molecule has 2 aromatic rings. The number of aromatic nitrogens is 2. The van der Waals surface area contributed by atoms with E-state index < -0.39 is 29.4 Å². The Morgan fingerprint density at radius 1 is 1.35 bits per heavy atom. The molecule has 2 aliphatic rings. The molecule has 0 bridgehead atoms. The summed E-state index contributed by atoms with van der Waals surface area (Å²) in [5, 5.41) is 21.0. The van der Waals surface area contributed by atoms with Crippen molar-refractivity contribution in [3.8, 4) is 0 Å². The first kappa shape index (κ1) is 21.8. The van der Waals surface area contributed by atoms with Crippen LogP contribution in [0.1, 0.15) is 42.4 Å². The number of likely N-dealkylation sites (N-methyl/N-ethyl adjacent to an activating group) is 1. The van der Waals surface area contributed by atoms with Crippen LogP contribution >= 0.6 is 0 Å². The number of H-pyrrole nitrogens is 1. The Labute approximate surface area is 179 Å². The molecular weight excluding hydrogens is 406 g/mol. The highest BCUT2D eigenvalue weighted by Crippen LogP contribution is 2.42. The molecule has 2 aliphatic heterocycles. The van der Waals surface area contributed by atoms with Gasteiger partial charge in [0.15, 0.2) is 12.2 Å². The number of hydrogen-bond acceptors (Lipinski definition) is 6. The maximum Gasteiger partial charge on any atom is 0.259 e. The summed E-state index contributed by atoms with van der Waals surface area (Å²) in [6, 6.07) is 2.98. The van der Waals surface area contributed by atoms with Gasteiger partial charge in [-0.05, 0) is 40.0 Å². The van der Waals surface area contributed by atoms with Crippen molar-refractivity contribution in [2.75, 3.05) is 32.0 Å². The third-order valence-corrected chi connectivity index (χ3v) is 6.39. The number of nitrogens with zero attached hydrogens (tertiary/aromatic N) is 4. The van der Waals surface area contributed by atoms with Crippen LogP contribution in [-0.2, 0) is 12.1 Å². The van der Waals surface area contributed by atoms with Gasteiger partial charge in [0.25, 0.3) is 5.91 Å². The molecule has 3 heterocycles. The highest BCUT2D eigenvalue weighted by atomic mass is 19.1. The summed E-state index contributed by atoms with van der Waals surface area (Å²) < 4.78 is 27.1. The highest BCUT2D eigenvalue weighted by molar-refractivity contribution is 6.04. The van der Waals surface area contributed by atoms with E-state index in [2.05, 4.69) is 39.3 Å². The zero-order valence-corrected chi connectivity index (χ0v) is 18.1. The molecule has 0 aliphatic carbocycles. The van der Waals surface area contributed by atoms with Crippen LogP contribution in [0, 0.1) is 11.6 Å². The van der Waals surface area contributed by atoms with Crippen molar-refractivity contribution in [2.45, 2.75) is 45.2 Å². The summed E-state index contributed by atoms with van der Waals surface area (Å²) in [5.74, 6) is -2.13. The van der Waals surface area contributed by atoms with E-state index in [1.54, 1.807) is 0 Å². The Hall–Kier alpha value is -2.40. The molecule has 1 fully saturated rings. The Balaban J connectivity index is 1.54. The summed E-state index contributed by atoms with van der Waals surface area (Å²) in [6.45, 7) is 8.88. The minimum atomic E-state index is -0.939. The minimum Gasteiger partial charge on any atom is -0.365 e. The lowest BCUT2D eigenvalue weighted by atomic mass is 10.0. The van der Waals surface area contributed by atoms with Crippen molar-refractivity contribution < 1.29 is 18.7 Å². The van der Waals surface area contributed by atoms with Gasteiger partial charge in [-0.15, -0.1) is 0 Å². The summed E-state index contributed by atoms with van der Waals surface area (Å²) in [6.07, 6.45) is -0.808. The summed E-state index contributed by atoms with van der Waals surface area (Å²) >= 11 is 0. The fourth-order valence-electron chi connectivity index (χ4n) is 4.53. The number of carbonyl (C=O) groups is 1. The highest BCUT2D eigenvalue weighted by Gasteiger charge is 2.46. The second-order valence-corrected chi connectivity index (χ2v) is 8.89. The Bertz CT molecular complexity index is 994. The van der Waals surface area contributed by atoms with Gasteiger partial charge in [-0.25, -0.2) is 8.78 Å². The van der Waals surface area contributed by atoms with Crippen LogP contribution < -0.4 is 5.32 Å². The van der Waals surface area contributed by atoms with Crippen molar-refractivity contribution in [3.63, 3.8) is 0 Å². The van der Waals surface area contributed by atoms with Gasteiger partial charge < -0.3 is 15.3 Å². The monoisotopic (exact) mass is 434 g/mol. The molecule has 1 aromatic carbocycles. The summed E-state index contributed by atoms with van der Waals surface area (Å²) in [5.41, 5.74) is 0.693. The number of piperazine rings is 1. The van der Waals surface area contributed by atoms with Crippen LogP contribution in [-0.4, -0.2) is 75.0 Å². The van der Waals surface area contributed by atoms with Gasteiger partial charge >= 0.3 is 0 Å². The van der Waals surface area contributed by atoms with E-state index in [1.807, 2.05) is 18.7 Å². The van der Waals surface area contributed by atoms with Crippen molar-refractivity contribution >= 4 is 11.7 Å². The fraction of sp³-hybridized carbons (Fsp3) is 0.524. The van der Waals surface area contributed by atoms with Gasteiger partial charge in [0.05, 0.1) is 16.8 Å². The van der Waals surface area contributed by atoms with Gasteiger partial charge in [0.1, 0.15) is 11.6 Å². The molecule has 8 nitrogen and oxygen atoms in total. The van der Waals surface area contributed by atoms with Crippen LogP contribution in [0.15, 0.2) is 18.2 Å². The number of fused-ring (bicyclic) bond motifs is 1. The normalized spacial score (nSPS) is 23.0. The molecule has 168 valence electrons. The molecule has 1 aromatic heterocycles. The van der Waals surface area contributed by atoms with E-state index in [1.165, 1.54) is 0 Å². The van der Waals surface area contributed by atoms with E-state index in [0.29, 0.717) is 12.6 Å². The molecule has 10 heteroatoms. The SMILES string of the molecule is C[C@H]1CN(C)CCN1C(O)N1Cc2c(NC(=O)c3ccc(F)cc3F)n[nH]c2C1(C)C. The number of hydrogen-bond donors (Lipinski definition) is 3. The minimum absolute atomic E-state index is 0.183. The first-order valence-electron chi connectivity index (χ1n) is 10.3. The molecule has 2 atom stereocenters. The molecule has 0 radical (unpaired) electrons. The van der Waals surface area contributed by atoms with E-state index in [4.69, 9.17) is 0 Å². The van der Waals surface area contributed by atoms with Crippen LogP contribution in [0.25, 0.3) is 0 Å². The van der Waals surface area contributed by atoms with E-state index >= 15 is 0 Å². The van der Waals surface area contributed by atoms with E-state index in [-0.39, 0.29) is 17.4 Å². The fourth-order valence-corrected chi connectivity index (χ4v) is 4.53. The Morgan fingerprint density at radius 2 is 2.10 bits per heavy atom. The lowest BCUT2D eigenvalue weighted by Gasteiger charge is -2.46. The van der Waals surface area contributed by atoms with Crippen LogP contribution in [0.4, 0.5) is 14.6 Å². The number of aliphatic hydroxyl groups excluding tert-OH is 1. The lowest BCUT2D eigenvalue weighted by molar-refractivity contribution is -0.172. The van der Waals surface area contributed by atoms with Gasteiger partial charge in [-0.1, -0.05) is 0 Å². The number of amides is 1. The quantitative estimate of drug-likeness (QED) is 0.682. The Kier molecular flexibility index (Phi) is 5.59. The zero-order valence-electron chi connectivity index (χ0n) is 18.1. The second kappa shape index (κ2) is 7.94. The molecule has 1 saturated heterocycles. The molecule has 1 unspecified atom stereocenters. The number of benzene rings is 1. The van der Waals surface area contributed by atoms with Crippen molar-refractivity contribution in [1.29, 1.82) is 0 Å². The molecule has 1 amide bonds. The largest absolute Gasteiger partial charge is 0.365 e. The number of anilines is 1. The van der Waals surface area contributed by atoms with E-state index in [9.17, 15) is 18.7 Å². The number of carbonyl (C=O) groups excluding carboxylic acids is 1. The molecule has 0 spiro atoms. The first-order valence-corrected chi connectivity index (χ1v) is 10.3. The average Bonchev–Trinajstić information content (AvgIpc) is 3.19. The van der Waals surface area contributed by atoms with Gasteiger partial charge in [0.2, 0.25) is 0 Å². The third-order valence-electron chi connectivity index (χ3n) is 6.39. The maximum atomic E-state index is 14.0. The molecule has 4 rings (SSSR count). The molecule has 31 heavy (non-hydrogen) atoms. The number of aliphatic hydroxyl groups is 1. The predicted molar refractivity (Wildman–Crippen MR) is 111 cm³/mol. The summed E-state index contributed by atoms with van der Waals surface area (Å²) in [7, 11) is 2.06. The molecular formula is C21H28F2N6O2.